The predicted molar refractivity (Wildman–Crippen MR) is 75.3 cm³/mol. The van der Waals surface area contributed by atoms with Crippen LogP contribution in [0, 0.1) is 5.82 Å². The summed E-state index contributed by atoms with van der Waals surface area (Å²) in [6.45, 7) is 1.57. The number of hydrogen-bond acceptors (Lipinski definition) is 3. The van der Waals surface area contributed by atoms with E-state index in [0.717, 1.165) is 19.5 Å². The molecular weight excluding hydrogens is 271 g/mol. The van der Waals surface area contributed by atoms with Gasteiger partial charge in [-0.15, -0.1) is 0 Å². The van der Waals surface area contributed by atoms with Crippen LogP contribution in [0.4, 0.5) is 4.39 Å². The molecule has 1 N–H and O–H groups in total. The molecule has 0 radical (unpaired) electrons. The number of hydrogen-bond donors (Lipinski definition) is 1. The van der Waals surface area contributed by atoms with Crippen molar-refractivity contribution in [2.45, 2.75) is 18.5 Å². The number of fused-ring (bicyclic) bond motifs is 2. The molecule has 3 heterocycles. The maximum absolute atomic E-state index is 13.7. The van der Waals surface area contributed by atoms with Gasteiger partial charge in [0, 0.05) is 25.2 Å². The highest BCUT2D eigenvalue weighted by molar-refractivity contribution is 5.92. The first kappa shape index (κ1) is 12.6. The maximum atomic E-state index is 13.7. The third-order valence-corrected chi connectivity index (χ3v) is 4.27. The van der Waals surface area contributed by atoms with Crippen molar-refractivity contribution in [2.75, 3.05) is 13.1 Å². The molecule has 4 nitrogen and oxygen atoms in total. The third kappa shape index (κ3) is 2.05. The zero-order valence-corrected chi connectivity index (χ0v) is 11.4. The van der Waals surface area contributed by atoms with Gasteiger partial charge in [0.2, 0.25) is 0 Å². The predicted octanol–water partition coefficient (Wildman–Crippen LogP) is 2.27. The molecule has 1 amide bonds. The van der Waals surface area contributed by atoms with E-state index in [9.17, 15) is 9.18 Å². The molecule has 21 heavy (non-hydrogen) atoms. The minimum Gasteiger partial charge on any atom is -0.451 e. The second kappa shape index (κ2) is 4.70. The fraction of sp³-hybridized carbons (Fsp3) is 0.312. The SMILES string of the molecule is O=C(c1ccc(-c2ccccc2F)o1)N1C[C@@H]2C[C@H]1CN2. The Bertz CT molecular complexity index is 697. The molecule has 0 spiro atoms. The van der Waals surface area contributed by atoms with Gasteiger partial charge in [0.1, 0.15) is 11.6 Å². The van der Waals surface area contributed by atoms with Gasteiger partial charge in [-0.2, -0.15) is 0 Å². The number of nitrogens with zero attached hydrogens (tertiary/aromatic N) is 1. The zero-order chi connectivity index (χ0) is 14.4. The zero-order valence-electron chi connectivity index (χ0n) is 11.4. The summed E-state index contributed by atoms with van der Waals surface area (Å²) in [4.78, 5) is 14.3. The molecule has 2 aromatic rings. The second-order valence-electron chi connectivity index (χ2n) is 5.60. The number of carbonyl (C=O) groups is 1. The van der Waals surface area contributed by atoms with E-state index in [0.29, 0.717) is 17.4 Å². The average Bonchev–Trinajstić information content (AvgIpc) is 3.23. The van der Waals surface area contributed by atoms with Gasteiger partial charge < -0.3 is 14.6 Å². The lowest BCUT2D eigenvalue weighted by molar-refractivity contribution is 0.0684. The van der Waals surface area contributed by atoms with Crippen LogP contribution in [0.2, 0.25) is 0 Å². The van der Waals surface area contributed by atoms with Crippen LogP contribution >= 0.6 is 0 Å². The topological polar surface area (TPSA) is 45.5 Å². The number of piperazine rings is 1. The van der Waals surface area contributed by atoms with Crippen LogP contribution in [-0.2, 0) is 0 Å². The molecular formula is C16H15FN2O2. The molecule has 2 saturated heterocycles. The van der Waals surface area contributed by atoms with E-state index in [4.69, 9.17) is 4.42 Å². The molecule has 1 aromatic carbocycles. The van der Waals surface area contributed by atoms with Crippen LogP contribution in [0.5, 0.6) is 0 Å². The van der Waals surface area contributed by atoms with E-state index < -0.39 is 0 Å². The summed E-state index contributed by atoms with van der Waals surface area (Å²) in [6.07, 6.45) is 1.01. The second-order valence-corrected chi connectivity index (χ2v) is 5.60. The van der Waals surface area contributed by atoms with Crippen molar-refractivity contribution < 1.29 is 13.6 Å². The summed E-state index contributed by atoms with van der Waals surface area (Å²) < 4.78 is 19.3. The van der Waals surface area contributed by atoms with Crippen molar-refractivity contribution in [1.82, 2.24) is 10.2 Å². The third-order valence-electron chi connectivity index (χ3n) is 4.27. The van der Waals surface area contributed by atoms with Crippen molar-refractivity contribution >= 4 is 5.91 Å². The molecule has 108 valence electrons. The number of benzene rings is 1. The Labute approximate surface area is 121 Å². The van der Waals surface area contributed by atoms with Gasteiger partial charge in [-0.25, -0.2) is 4.39 Å². The van der Waals surface area contributed by atoms with Crippen LogP contribution in [0.25, 0.3) is 11.3 Å². The van der Waals surface area contributed by atoms with E-state index in [1.54, 1.807) is 30.3 Å². The first-order valence-electron chi connectivity index (χ1n) is 7.11. The molecule has 0 aliphatic carbocycles. The Hall–Kier alpha value is -2.14. The summed E-state index contributed by atoms with van der Waals surface area (Å²) >= 11 is 0. The van der Waals surface area contributed by atoms with Gasteiger partial charge in [-0.05, 0) is 30.7 Å². The first-order valence-corrected chi connectivity index (χ1v) is 7.11. The molecule has 4 rings (SSSR count). The number of furan rings is 1. The van der Waals surface area contributed by atoms with E-state index >= 15 is 0 Å². The van der Waals surface area contributed by atoms with Crippen LogP contribution in [0.1, 0.15) is 17.0 Å². The van der Waals surface area contributed by atoms with Crippen molar-refractivity contribution in [2.24, 2.45) is 0 Å². The van der Waals surface area contributed by atoms with E-state index in [2.05, 4.69) is 5.32 Å². The Kier molecular flexibility index (Phi) is 2.82. The first-order chi connectivity index (χ1) is 10.2. The Morgan fingerprint density at radius 1 is 1.29 bits per heavy atom. The highest BCUT2D eigenvalue weighted by atomic mass is 19.1. The minimum atomic E-state index is -0.352. The van der Waals surface area contributed by atoms with Crippen molar-refractivity contribution in [3.8, 4) is 11.3 Å². The molecule has 2 fully saturated rings. The monoisotopic (exact) mass is 286 g/mol. The maximum Gasteiger partial charge on any atom is 0.289 e. The van der Waals surface area contributed by atoms with E-state index in [1.807, 2.05) is 4.90 Å². The van der Waals surface area contributed by atoms with E-state index in [-0.39, 0.29) is 23.5 Å². The van der Waals surface area contributed by atoms with Gasteiger partial charge >= 0.3 is 0 Å². The fourth-order valence-corrected chi connectivity index (χ4v) is 3.21. The fourth-order valence-electron chi connectivity index (χ4n) is 3.21. The number of nitrogens with one attached hydrogen (secondary N) is 1. The van der Waals surface area contributed by atoms with Crippen molar-refractivity contribution in [3.63, 3.8) is 0 Å². The van der Waals surface area contributed by atoms with Gasteiger partial charge in [-0.1, -0.05) is 12.1 Å². The molecule has 2 bridgehead atoms. The lowest BCUT2D eigenvalue weighted by Crippen LogP contribution is -2.46. The number of amides is 1. The Morgan fingerprint density at radius 2 is 2.14 bits per heavy atom. The standard InChI is InChI=1S/C16H15FN2O2/c17-13-4-2-1-3-12(13)14-5-6-15(21-14)16(20)19-9-10-7-11(19)8-18-10/h1-6,10-11,18H,7-9H2/t10-,11-/m0/s1. The van der Waals surface area contributed by atoms with Crippen LogP contribution in [-0.4, -0.2) is 36.0 Å². The molecule has 2 atom stereocenters. The highest BCUT2D eigenvalue weighted by Crippen LogP contribution is 2.28. The summed E-state index contributed by atoms with van der Waals surface area (Å²) in [6, 6.07) is 10.3. The normalized spacial score (nSPS) is 23.8. The summed E-state index contributed by atoms with van der Waals surface area (Å²) in [5.74, 6) is 0.210. The van der Waals surface area contributed by atoms with Gasteiger partial charge in [0.15, 0.2) is 5.76 Å². The smallest absolute Gasteiger partial charge is 0.289 e. The van der Waals surface area contributed by atoms with Gasteiger partial charge in [-0.3, -0.25) is 4.79 Å². The van der Waals surface area contributed by atoms with Crippen LogP contribution in [0.3, 0.4) is 0 Å². The quantitative estimate of drug-likeness (QED) is 0.921. The highest BCUT2D eigenvalue weighted by Gasteiger charge is 2.41. The summed E-state index contributed by atoms with van der Waals surface area (Å²) in [5.41, 5.74) is 0.376. The summed E-state index contributed by atoms with van der Waals surface area (Å²) in [5, 5.41) is 3.36. The minimum absolute atomic E-state index is 0.105. The molecule has 0 unspecified atom stereocenters. The molecule has 0 saturated carbocycles. The van der Waals surface area contributed by atoms with E-state index in [1.165, 1.54) is 6.07 Å². The number of likely N-dealkylation sites (tertiary alicyclic amines) is 1. The van der Waals surface area contributed by atoms with Crippen LogP contribution in [0.15, 0.2) is 40.8 Å². The number of rotatable bonds is 2. The Balaban J connectivity index is 1.60. The number of carbonyl (C=O) groups excluding carboxylic acids is 1. The van der Waals surface area contributed by atoms with Gasteiger partial charge in [0.05, 0.1) is 5.56 Å². The van der Waals surface area contributed by atoms with Crippen LogP contribution < -0.4 is 5.32 Å². The largest absolute Gasteiger partial charge is 0.451 e. The molecule has 2 aliphatic rings. The lowest BCUT2D eigenvalue weighted by atomic mass is 10.1. The van der Waals surface area contributed by atoms with Gasteiger partial charge in [0.25, 0.3) is 5.91 Å². The molecule has 2 aliphatic heterocycles. The Morgan fingerprint density at radius 3 is 2.86 bits per heavy atom. The lowest BCUT2D eigenvalue weighted by Gasteiger charge is -2.26. The molecule has 5 heteroatoms. The molecule has 1 aromatic heterocycles. The van der Waals surface area contributed by atoms with Crippen molar-refractivity contribution in [1.29, 1.82) is 0 Å². The summed E-state index contributed by atoms with van der Waals surface area (Å²) in [7, 11) is 0. The van der Waals surface area contributed by atoms with Crippen molar-refractivity contribution in [3.05, 3.63) is 48.0 Å². The average molecular weight is 286 g/mol. The number of halogens is 1.